The number of guanidine groups is 1. The Labute approximate surface area is 177 Å². The first-order valence-electron chi connectivity index (χ1n) is 10.5. The van der Waals surface area contributed by atoms with Crippen LogP contribution >= 0.6 is 11.3 Å². The lowest BCUT2D eigenvalue weighted by Gasteiger charge is -2.18. The first-order valence-corrected chi connectivity index (χ1v) is 11.3. The Morgan fingerprint density at radius 3 is 2.76 bits per heavy atom. The average molecular weight is 414 g/mol. The van der Waals surface area contributed by atoms with Crippen LogP contribution in [0, 0.1) is 0 Å². The fourth-order valence-corrected chi connectivity index (χ4v) is 4.23. The lowest BCUT2D eigenvalue weighted by Crippen LogP contribution is -2.38. The van der Waals surface area contributed by atoms with Gasteiger partial charge in [-0.3, -0.25) is 4.79 Å². The number of thiazole rings is 1. The molecule has 0 radical (unpaired) electrons. The lowest BCUT2D eigenvalue weighted by molar-refractivity contribution is -0.128. The molecule has 0 aliphatic carbocycles. The molecule has 1 aromatic carbocycles. The molecule has 6 nitrogen and oxygen atoms in total. The molecular weight excluding hydrogens is 382 g/mol. The van der Waals surface area contributed by atoms with Gasteiger partial charge in [-0.05, 0) is 30.9 Å². The number of nitrogens with zero attached hydrogens (tertiary/aromatic N) is 3. The second-order valence-corrected chi connectivity index (χ2v) is 8.33. The van der Waals surface area contributed by atoms with E-state index in [1.165, 1.54) is 10.4 Å². The van der Waals surface area contributed by atoms with Gasteiger partial charge in [0, 0.05) is 50.1 Å². The van der Waals surface area contributed by atoms with Crippen molar-refractivity contribution in [3.8, 4) is 0 Å². The molecule has 1 amide bonds. The van der Waals surface area contributed by atoms with Crippen molar-refractivity contribution in [2.75, 3.05) is 19.6 Å². The topological polar surface area (TPSA) is 69.6 Å². The molecule has 2 aromatic rings. The molecule has 2 N–H and O–H groups in total. The quantitative estimate of drug-likeness (QED) is 0.490. The Morgan fingerprint density at radius 1 is 1.24 bits per heavy atom. The predicted octanol–water partition coefficient (Wildman–Crippen LogP) is 3.13. The summed E-state index contributed by atoms with van der Waals surface area (Å²) < 4.78 is 0. The van der Waals surface area contributed by atoms with E-state index in [1.807, 2.05) is 23.2 Å². The number of aliphatic imine (C=N–C) groups is 1. The summed E-state index contributed by atoms with van der Waals surface area (Å²) in [5.41, 5.74) is 2.34. The van der Waals surface area contributed by atoms with Gasteiger partial charge in [-0.25, -0.2) is 9.98 Å². The molecule has 1 saturated heterocycles. The maximum absolute atomic E-state index is 12.0. The number of hydrogen-bond acceptors (Lipinski definition) is 4. The Morgan fingerprint density at radius 2 is 2.07 bits per heavy atom. The van der Waals surface area contributed by atoms with Crippen LogP contribution in [0.25, 0.3) is 0 Å². The molecule has 7 heteroatoms. The van der Waals surface area contributed by atoms with Gasteiger partial charge in [0.1, 0.15) is 0 Å². The van der Waals surface area contributed by atoms with Crippen molar-refractivity contribution < 1.29 is 4.79 Å². The highest BCUT2D eigenvalue weighted by Crippen LogP contribution is 2.18. The number of carbonyl (C=O) groups is 1. The lowest BCUT2D eigenvalue weighted by atomic mass is 10.1. The number of hydrogen-bond donors (Lipinski definition) is 2. The molecule has 1 fully saturated rings. The molecule has 0 saturated carbocycles. The Balaban J connectivity index is 1.58. The number of aromatic nitrogens is 1. The molecule has 29 heavy (non-hydrogen) atoms. The van der Waals surface area contributed by atoms with Crippen LogP contribution in [-0.2, 0) is 30.7 Å². The molecule has 0 atom stereocenters. The van der Waals surface area contributed by atoms with Crippen molar-refractivity contribution in [3.63, 3.8) is 0 Å². The third-order valence-electron chi connectivity index (χ3n) is 4.98. The van der Waals surface area contributed by atoms with Gasteiger partial charge in [0.15, 0.2) is 5.96 Å². The second kappa shape index (κ2) is 11.0. The van der Waals surface area contributed by atoms with E-state index >= 15 is 0 Å². The summed E-state index contributed by atoms with van der Waals surface area (Å²) in [5.74, 6) is 1.07. The minimum Gasteiger partial charge on any atom is -0.357 e. The summed E-state index contributed by atoms with van der Waals surface area (Å²) in [5, 5.41) is 7.88. The Hall–Kier alpha value is -2.41. The van der Waals surface area contributed by atoms with Crippen LogP contribution < -0.4 is 10.6 Å². The van der Waals surface area contributed by atoms with Crippen molar-refractivity contribution >= 4 is 23.2 Å². The first-order chi connectivity index (χ1) is 14.2. The van der Waals surface area contributed by atoms with E-state index in [9.17, 15) is 4.79 Å². The van der Waals surface area contributed by atoms with Gasteiger partial charge >= 0.3 is 0 Å². The van der Waals surface area contributed by atoms with Crippen LogP contribution in [0.4, 0.5) is 0 Å². The number of likely N-dealkylation sites (tertiary alicyclic amines) is 1. The van der Waals surface area contributed by atoms with E-state index in [0.29, 0.717) is 19.5 Å². The highest BCUT2D eigenvalue weighted by atomic mass is 32.1. The summed E-state index contributed by atoms with van der Waals surface area (Å²) in [6.07, 6.45) is 5.54. The number of aryl methyl sites for hydroxylation is 1. The SMILES string of the molecule is CCNC(=NCc1ccccc1CN1CCCC1=O)NCCc1ncc(CC)s1. The summed E-state index contributed by atoms with van der Waals surface area (Å²) in [6.45, 7) is 7.96. The monoisotopic (exact) mass is 413 g/mol. The Bertz CT molecular complexity index is 832. The number of benzene rings is 1. The molecule has 1 aliphatic rings. The van der Waals surface area contributed by atoms with Gasteiger partial charge in [-0.2, -0.15) is 0 Å². The minimum absolute atomic E-state index is 0.256. The normalized spacial score (nSPS) is 14.5. The molecule has 2 heterocycles. The fraction of sp³-hybridized carbons (Fsp3) is 0.500. The van der Waals surface area contributed by atoms with Gasteiger partial charge in [-0.1, -0.05) is 31.2 Å². The van der Waals surface area contributed by atoms with Crippen molar-refractivity contribution in [1.82, 2.24) is 20.5 Å². The van der Waals surface area contributed by atoms with Gasteiger partial charge in [0.05, 0.1) is 11.6 Å². The van der Waals surface area contributed by atoms with E-state index in [0.717, 1.165) is 55.4 Å². The standard InChI is InChI=1S/C22H31N5OS/c1-3-19-15-25-20(29-19)11-12-24-22(23-4-2)26-14-17-8-5-6-9-18(17)16-27-13-7-10-21(27)28/h5-6,8-9,15H,3-4,7,10-14,16H2,1-2H3,(H2,23,24,26). The molecule has 0 unspecified atom stereocenters. The third-order valence-corrected chi connectivity index (χ3v) is 6.19. The molecule has 0 bridgehead atoms. The van der Waals surface area contributed by atoms with Crippen LogP contribution in [0.15, 0.2) is 35.5 Å². The van der Waals surface area contributed by atoms with Crippen LogP contribution in [0.2, 0.25) is 0 Å². The van der Waals surface area contributed by atoms with Crippen molar-refractivity contribution in [2.24, 2.45) is 4.99 Å². The molecule has 156 valence electrons. The van der Waals surface area contributed by atoms with E-state index < -0.39 is 0 Å². The van der Waals surface area contributed by atoms with Crippen LogP contribution in [0.3, 0.4) is 0 Å². The van der Waals surface area contributed by atoms with Gasteiger partial charge in [0.25, 0.3) is 0 Å². The summed E-state index contributed by atoms with van der Waals surface area (Å²) in [4.78, 5) is 24.5. The van der Waals surface area contributed by atoms with E-state index in [-0.39, 0.29) is 5.91 Å². The fourth-order valence-electron chi connectivity index (χ4n) is 3.36. The Kier molecular flexibility index (Phi) is 8.04. The number of nitrogens with one attached hydrogen (secondary N) is 2. The number of amides is 1. The molecular formula is C22H31N5OS. The molecule has 0 spiro atoms. The zero-order valence-electron chi connectivity index (χ0n) is 17.4. The zero-order chi connectivity index (χ0) is 20.5. The maximum atomic E-state index is 12.0. The second-order valence-electron chi connectivity index (χ2n) is 7.13. The highest BCUT2D eigenvalue weighted by molar-refractivity contribution is 7.11. The van der Waals surface area contributed by atoms with Gasteiger partial charge in [0.2, 0.25) is 5.91 Å². The molecule has 3 rings (SSSR count). The zero-order valence-corrected chi connectivity index (χ0v) is 18.2. The van der Waals surface area contributed by atoms with Crippen LogP contribution in [0.1, 0.15) is 47.7 Å². The van der Waals surface area contributed by atoms with Crippen molar-refractivity contribution in [3.05, 3.63) is 51.5 Å². The number of rotatable bonds is 9. The predicted molar refractivity (Wildman–Crippen MR) is 119 cm³/mol. The first kappa shape index (κ1) is 21.3. The largest absolute Gasteiger partial charge is 0.357 e. The van der Waals surface area contributed by atoms with Crippen LogP contribution in [-0.4, -0.2) is 41.4 Å². The summed E-state index contributed by atoms with van der Waals surface area (Å²) in [6, 6.07) is 8.27. The third kappa shape index (κ3) is 6.29. The van der Waals surface area contributed by atoms with Crippen molar-refractivity contribution in [2.45, 2.75) is 52.6 Å². The van der Waals surface area contributed by atoms with Crippen LogP contribution in [0.5, 0.6) is 0 Å². The summed E-state index contributed by atoms with van der Waals surface area (Å²) in [7, 11) is 0. The number of carbonyl (C=O) groups excluding carboxylic acids is 1. The highest BCUT2D eigenvalue weighted by Gasteiger charge is 2.20. The molecule has 1 aromatic heterocycles. The van der Waals surface area contributed by atoms with Gasteiger partial charge < -0.3 is 15.5 Å². The maximum Gasteiger partial charge on any atom is 0.222 e. The smallest absolute Gasteiger partial charge is 0.222 e. The molecule has 1 aliphatic heterocycles. The minimum atomic E-state index is 0.256. The van der Waals surface area contributed by atoms with E-state index in [1.54, 1.807) is 11.3 Å². The van der Waals surface area contributed by atoms with Crippen molar-refractivity contribution in [1.29, 1.82) is 0 Å². The van der Waals surface area contributed by atoms with Gasteiger partial charge in [-0.15, -0.1) is 11.3 Å². The van der Waals surface area contributed by atoms with E-state index in [2.05, 4.69) is 41.6 Å². The average Bonchev–Trinajstić information content (AvgIpc) is 3.36. The van der Waals surface area contributed by atoms with E-state index in [4.69, 9.17) is 4.99 Å². The summed E-state index contributed by atoms with van der Waals surface area (Å²) >= 11 is 1.78.